The van der Waals surface area contributed by atoms with E-state index in [1.165, 1.54) is 53.7 Å². The van der Waals surface area contributed by atoms with E-state index < -0.39 is 0 Å². The van der Waals surface area contributed by atoms with E-state index in [0.29, 0.717) is 29.6 Å². The molecule has 4 fully saturated rings. The number of nitrogens with zero attached hydrogens (tertiary/aromatic N) is 16. The summed E-state index contributed by atoms with van der Waals surface area (Å²) < 4.78 is 5.23. The Morgan fingerprint density at radius 3 is 0.844 bits per heavy atom. The van der Waals surface area contributed by atoms with Crippen LogP contribution in [0.25, 0.3) is 0 Å². The lowest BCUT2D eigenvalue weighted by Crippen LogP contribution is -2.47. The molecule has 1 N–H and O–H groups in total. The van der Waals surface area contributed by atoms with E-state index in [-0.39, 0.29) is 29.5 Å². The molecule has 109 heavy (non-hydrogen) atoms. The van der Waals surface area contributed by atoms with Crippen molar-refractivity contribution in [2.75, 3.05) is 213 Å². The minimum atomic E-state index is 0.133. The highest BCUT2D eigenvalue weighted by molar-refractivity contribution is 5.74. The molecule has 5 aromatic heterocycles. The molecule has 0 aliphatic carbocycles. The Kier molecular flexibility index (Phi) is 59.2. The Labute approximate surface area is 662 Å². The van der Waals surface area contributed by atoms with Gasteiger partial charge in [0.05, 0.1) is 13.2 Å². The van der Waals surface area contributed by atoms with Crippen molar-refractivity contribution in [2.45, 2.75) is 160 Å². The molecule has 5 amide bonds. The second-order valence-electron chi connectivity index (χ2n) is 29.7. The van der Waals surface area contributed by atoms with Crippen molar-refractivity contribution < 1.29 is 28.7 Å². The fraction of sp³-hybridized carbons (Fsp3) is 0.651. The van der Waals surface area contributed by atoms with Gasteiger partial charge in [0.25, 0.3) is 0 Å². The van der Waals surface area contributed by atoms with Crippen LogP contribution in [0.2, 0.25) is 0 Å². The van der Waals surface area contributed by atoms with E-state index in [4.69, 9.17) is 4.74 Å². The quantitative estimate of drug-likeness (QED) is 0.0683. The van der Waals surface area contributed by atoms with Crippen LogP contribution in [-0.4, -0.2) is 321 Å². The smallest absolute Gasteiger partial charge is 0.219 e. The van der Waals surface area contributed by atoms with Gasteiger partial charge in [-0.3, -0.25) is 63.6 Å². The number of nitrogens with one attached hydrogen (secondary N) is 1. The Bertz CT molecular complexity index is 2670. The number of likely N-dealkylation sites (tertiary alicyclic amines) is 1. The summed E-state index contributed by atoms with van der Waals surface area (Å²) in [6.45, 7) is 60.2. The number of carbonyl (C=O) groups excluding carboxylic acids is 5. The first kappa shape index (κ1) is 102. The van der Waals surface area contributed by atoms with Crippen molar-refractivity contribution in [1.29, 1.82) is 0 Å². The molecule has 0 radical (unpaired) electrons. The summed E-state index contributed by atoms with van der Waals surface area (Å²) in [5.41, 5.74) is 6.52. The molecule has 0 aromatic carbocycles. The zero-order valence-corrected chi connectivity index (χ0v) is 72.3. The first-order valence-corrected chi connectivity index (χ1v) is 40.0. The fourth-order valence-corrected chi connectivity index (χ4v) is 10.2. The van der Waals surface area contributed by atoms with Gasteiger partial charge >= 0.3 is 0 Å². The normalized spacial score (nSPS) is 14.3. The lowest BCUT2D eigenvalue weighted by molar-refractivity contribution is -0.128. The van der Waals surface area contributed by atoms with Crippen LogP contribution in [0.5, 0.6) is 0 Å². The SMILES string of the molecule is CC(=O)N(C)CCN1CCCC1.CC(=O)N(C)CCN1CCN(C)CC1.CC(=O)N(C)CCN1CCNCC1.CC(=O)N(C)CCN1CCOCC1.CC(C)c1cccnc1.CC(C)c1cccnc1.CC(C)c1cccnc1.CC(C)c1cccnc1.CC(C)c1cccnc1.CCN(CC)CCN(C)C(C)=O. The highest BCUT2D eigenvalue weighted by Gasteiger charge is 2.17. The van der Waals surface area contributed by atoms with Gasteiger partial charge in [-0.1, -0.05) is 113 Å². The number of piperazine rings is 2. The maximum absolute atomic E-state index is 11.0. The number of pyridine rings is 5. The standard InChI is InChI=1S/C10H21N3O.C9H19N3O.C9H18N2O2.C9H18N2O.C9H20N2O.5C8H11N/c1-10(14)12(3)6-9-13-7-4-11(2)5-8-13;1-9(13)11(2)7-8-12-5-3-10-4-6-12;1-9(12)10(2)3-4-11-5-7-13-8-6-11;1-9(12)10(2)7-8-11-5-3-4-6-11;1-5-11(6-2)8-7-10(4)9(3)12;5*1-7(2)8-4-3-5-9-6-8/h4-9H2,1-3H3;10H,3-8H2,1-2H3;3-8H2,1-2H3;3-8H2,1-2H3;5-8H2,1-4H3;5*3-7H,1-2H3. The fourth-order valence-electron chi connectivity index (χ4n) is 10.2. The molecule has 616 valence electrons. The molecule has 23 heteroatoms. The third-order valence-electron chi connectivity index (χ3n) is 19.2. The number of amides is 5. The summed E-state index contributed by atoms with van der Waals surface area (Å²) in [5.74, 6) is 3.72. The van der Waals surface area contributed by atoms with E-state index in [0.717, 1.165) is 157 Å². The molecule has 0 atom stereocenters. The average molecular weight is 1520 g/mol. The number of carbonyl (C=O) groups is 5. The largest absolute Gasteiger partial charge is 0.379 e. The molecular weight excluding hydrogens is 1370 g/mol. The predicted molar refractivity (Wildman–Crippen MR) is 452 cm³/mol. The number of hydrogen-bond acceptors (Lipinski definition) is 18. The molecule has 0 spiro atoms. The monoisotopic (exact) mass is 1520 g/mol. The number of morpholine rings is 1. The third kappa shape index (κ3) is 54.1. The minimum absolute atomic E-state index is 0.133. The van der Waals surface area contributed by atoms with E-state index >= 15 is 0 Å². The molecule has 4 saturated heterocycles. The minimum Gasteiger partial charge on any atom is -0.379 e. The van der Waals surface area contributed by atoms with Crippen LogP contribution in [0.3, 0.4) is 0 Å². The second-order valence-corrected chi connectivity index (χ2v) is 29.7. The molecular formula is C86H151N17O6. The van der Waals surface area contributed by atoms with Crippen LogP contribution in [0.1, 0.15) is 188 Å². The summed E-state index contributed by atoms with van der Waals surface area (Å²) in [5, 5.41) is 3.30. The summed E-state index contributed by atoms with van der Waals surface area (Å²) in [6.07, 6.45) is 21.2. The van der Waals surface area contributed by atoms with Gasteiger partial charge in [-0.15, -0.1) is 0 Å². The molecule has 0 bridgehead atoms. The maximum atomic E-state index is 11.0. The maximum Gasteiger partial charge on any atom is 0.219 e. The Balaban J connectivity index is 0.00000119. The highest BCUT2D eigenvalue weighted by Crippen LogP contribution is 2.14. The molecule has 9 heterocycles. The lowest BCUT2D eigenvalue weighted by Gasteiger charge is -2.33. The Hall–Kier alpha value is -7.22. The number of aromatic nitrogens is 5. The van der Waals surface area contributed by atoms with Crippen LogP contribution >= 0.6 is 0 Å². The predicted octanol–water partition coefficient (Wildman–Crippen LogP) is 11.3. The first-order chi connectivity index (χ1) is 51.8. The average Bonchev–Trinajstić information content (AvgIpc) is 1.86. The van der Waals surface area contributed by atoms with Crippen molar-refractivity contribution >= 4 is 29.5 Å². The molecule has 4 aliphatic heterocycles. The van der Waals surface area contributed by atoms with Crippen molar-refractivity contribution in [1.82, 2.24) is 84.1 Å². The topological polar surface area (TPSA) is 207 Å². The summed E-state index contributed by atoms with van der Waals surface area (Å²) in [7, 11) is 11.4. The summed E-state index contributed by atoms with van der Waals surface area (Å²) in [4.78, 5) is 97.5. The lowest BCUT2D eigenvalue weighted by atomic mass is 10.1. The Morgan fingerprint density at radius 1 is 0.367 bits per heavy atom. The zero-order valence-electron chi connectivity index (χ0n) is 72.3. The van der Waals surface area contributed by atoms with Gasteiger partial charge in [-0.2, -0.15) is 0 Å². The van der Waals surface area contributed by atoms with Crippen LogP contribution in [0.4, 0.5) is 0 Å². The van der Waals surface area contributed by atoms with Gasteiger partial charge in [0, 0.05) is 263 Å². The molecule has 0 saturated carbocycles. The van der Waals surface area contributed by atoms with E-state index in [1.807, 2.05) is 96.6 Å². The van der Waals surface area contributed by atoms with E-state index in [1.54, 1.807) is 90.1 Å². The molecule has 5 aromatic rings. The molecule has 4 aliphatic rings. The van der Waals surface area contributed by atoms with Gasteiger partial charge < -0.3 is 49.3 Å². The number of likely N-dealkylation sites (N-methyl/N-ethyl adjacent to an activating group) is 7. The zero-order chi connectivity index (χ0) is 81.9. The van der Waals surface area contributed by atoms with Gasteiger partial charge in [0.1, 0.15) is 0 Å². The second kappa shape index (κ2) is 63.4. The number of ether oxygens (including phenoxy) is 1. The highest BCUT2D eigenvalue weighted by atomic mass is 16.5. The Morgan fingerprint density at radius 2 is 0.615 bits per heavy atom. The van der Waals surface area contributed by atoms with Crippen LogP contribution < -0.4 is 5.32 Å². The first-order valence-electron chi connectivity index (χ1n) is 40.0. The summed E-state index contributed by atoms with van der Waals surface area (Å²) >= 11 is 0. The van der Waals surface area contributed by atoms with Gasteiger partial charge in [-0.05, 0) is 134 Å². The van der Waals surface area contributed by atoms with E-state index in [2.05, 4.69) is 180 Å². The van der Waals surface area contributed by atoms with Crippen molar-refractivity contribution in [3.8, 4) is 0 Å². The molecule has 23 nitrogen and oxygen atoms in total. The third-order valence-corrected chi connectivity index (χ3v) is 19.2. The van der Waals surface area contributed by atoms with Crippen LogP contribution in [-0.2, 0) is 28.7 Å². The van der Waals surface area contributed by atoms with Crippen LogP contribution in [0.15, 0.2) is 123 Å². The van der Waals surface area contributed by atoms with Crippen LogP contribution in [0, 0.1) is 0 Å². The van der Waals surface area contributed by atoms with Crippen molar-refractivity contribution in [3.05, 3.63) is 150 Å². The molecule has 9 rings (SSSR count). The van der Waals surface area contributed by atoms with Crippen molar-refractivity contribution in [2.24, 2.45) is 0 Å². The van der Waals surface area contributed by atoms with Gasteiger partial charge in [-0.25, -0.2) is 0 Å². The van der Waals surface area contributed by atoms with Crippen molar-refractivity contribution in [3.63, 3.8) is 0 Å². The van der Waals surface area contributed by atoms with Gasteiger partial charge in [0.2, 0.25) is 29.5 Å². The molecule has 0 unspecified atom stereocenters. The number of hydrogen-bond donors (Lipinski definition) is 1. The summed E-state index contributed by atoms with van der Waals surface area (Å²) in [6, 6.07) is 20.3. The van der Waals surface area contributed by atoms with Gasteiger partial charge in [0.15, 0.2) is 0 Å². The number of rotatable bonds is 22. The van der Waals surface area contributed by atoms with E-state index in [9.17, 15) is 24.0 Å².